The summed E-state index contributed by atoms with van der Waals surface area (Å²) in [5.74, 6) is 0.895. The highest BCUT2D eigenvalue weighted by molar-refractivity contribution is 5.68. The molecule has 1 atom stereocenters. The molecule has 0 spiro atoms. The summed E-state index contributed by atoms with van der Waals surface area (Å²) in [7, 11) is 0. The maximum atomic E-state index is 13.0. The van der Waals surface area contributed by atoms with Gasteiger partial charge in [0.2, 0.25) is 5.95 Å². The van der Waals surface area contributed by atoms with Gasteiger partial charge >= 0.3 is 6.09 Å². The first kappa shape index (κ1) is 19.9. The number of alkyl carbamates (subject to hydrolysis) is 1. The lowest BCUT2D eigenvalue weighted by Crippen LogP contribution is -2.34. The second-order valence-corrected chi connectivity index (χ2v) is 7.02. The second kappa shape index (κ2) is 8.79. The van der Waals surface area contributed by atoms with Crippen LogP contribution in [-0.4, -0.2) is 59.1 Å². The molecule has 0 unspecified atom stereocenters. The van der Waals surface area contributed by atoms with Gasteiger partial charge in [0, 0.05) is 25.2 Å². The van der Waals surface area contributed by atoms with Crippen molar-refractivity contribution in [1.29, 1.82) is 0 Å². The maximum absolute atomic E-state index is 13.0. The van der Waals surface area contributed by atoms with Crippen molar-refractivity contribution < 1.29 is 23.8 Å². The number of aliphatic hydroxyl groups excluding tert-OH is 1. The minimum absolute atomic E-state index is 0.0317. The number of aromatic nitrogens is 2. The number of hydrogen-bond acceptors (Lipinski definition) is 7. The van der Waals surface area contributed by atoms with E-state index in [-0.39, 0.29) is 24.8 Å². The highest BCUT2D eigenvalue weighted by atomic mass is 19.1. The summed E-state index contributed by atoms with van der Waals surface area (Å²) in [6, 6.07) is 0. The average Bonchev–Trinajstić information content (AvgIpc) is 3.00. The summed E-state index contributed by atoms with van der Waals surface area (Å²) in [6.07, 6.45) is 3.07. The molecule has 2 heterocycles. The maximum Gasteiger partial charge on any atom is 0.407 e. The van der Waals surface area contributed by atoms with Gasteiger partial charge in [0.1, 0.15) is 12.2 Å². The molecule has 0 aliphatic carbocycles. The molecule has 8 nitrogen and oxygen atoms in total. The zero-order valence-corrected chi connectivity index (χ0v) is 15.2. The summed E-state index contributed by atoms with van der Waals surface area (Å²) in [5, 5.41) is 12.0. The zero-order chi connectivity index (χ0) is 19.2. The molecular formula is C17H25FN4O4. The molecular weight excluding hydrogens is 343 g/mol. The number of anilines is 1. The van der Waals surface area contributed by atoms with E-state index in [1.807, 2.05) is 4.90 Å². The molecule has 26 heavy (non-hydrogen) atoms. The first-order valence-electron chi connectivity index (χ1n) is 8.39. The predicted molar refractivity (Wildman–Crippen MR) is 93.8 cm³/mol. The SMILES string of the molecule is CC(C)(C)OC(=O)NC/C(=C\F)COc1cnc(N2CC[C@H](O)C2)nc1. The number of carbonyl (C=O) groups is 1. The summed E-state index contributed by atoms with van der Waals surface area (Å²) in [6.45, 7) is 6.35. The van der Waals surface area contributed by atoms with Crippen molar-refractivity contribution in [2.24, 2.45) is 0 Å². The Morgan fingerprint density at radius 2 is 2.15 bits per heavy atom. The Morgan fingerprint density at radius 1 is 1.46 bits per heavy atom. The molecule has 1 aromatic rings. The molecule has 1 aromatic heterocycles. The Bertz CT molecular complexity index is 631. The average molecular weight is 368 g/mol. The van der Waals surface area contributed by atoms with Crippen molar-refractivity contribution >= 4 is 12.0 Å². The van der Waals surface area contributed by atoms with Crippen LogP contribution in [0, 0.1) is 0 Å². The summed E-state index contributed by atoms with van der Waals surface area (Å²) >= 11 is 0. The van der Waals surface area contributed by atoms with Crippen LogP contribution in [0.25, 0.3) is 0 Å². The standard InChI is InChI=1S/C17H25FN4O4/c1-17(2,3)26-16(24)21-7-12(6-18)11-25-14-8-19-15(20-9-14)22-5-4-13(23)10-22/h6,8-9,13,23H,4-5,7,10-11H2,1-3H3,(H,21,24)/b12-6+/t13-/m0/s1. The van der Waals surface area contributed by atoms with Gasteiger partial charge in [-0.1, -0.05) is 0 Å². The Balaban J connectivity index is 1.78. The summed E-state index contributed by atoms with van der Waals surface area (Å²) in [5.41, 5.74) is -0.382. The van der Waals surface area contributed by atoms with Gasteiger partial charge in [0.25, 0.3) is 0 Å². The minimum Gasteiger partial charge on any atom is -0.486 e. The van der Waals surface area contributed by atoms with E-state index in [0.717, 1.165) is 0 Å². The Morgan fingerprint density at radius 3 is 2.69 bits per heavy atom. The van der Waals surface area contributed by atoms with Crippen molar-refractivity contribution in [2.75, 3.05) is 31.1 Å². The van der Waals surface area contributed by atoms with Gasteiger partial charge in [0.15, 0.2) is 5.75 Å². The van der Waals surface area contributed by atoms with Gasteiger partial charge in [-0.05, 0) is 27.2 Å². The Hall–Kier alpha value is -2.42. The van der Waals surface area contributed by atoms with Crippen LogP contribution in [0.2, 0.25) is 0 Å². The van der Waals surface area contributed by atoms with Gasteiger partial charge in [-0.25, -0.2) is 19.2 Å². The molecule has 1 amide bonds. The molecule has 1 aliphatic heterocycles. The minimum atomic E-state index is -0.627. The van der Waals surface area contributed by atoms with Crippen molar-refractivity contribution in [2.45, 2.75) is 38.9 Å². The summed E-state index contributed by atoms with van der Waals surface area (Å²) in [4.78, 5) is 21.8. The van der Waals surface area contributed by atoms with Gasteiger partial charge in [-0.2, -0.15) is 0 Å². The lowest BCUT2D eigenvalue weighted by atomic mass is 10.2. The number of nitrogens with one attached hydrogen (secondary N) is 1. The van der Waals surface area contributed by atoms with Crippen LogP contribution in [0.15, 0.2) is 24.3 Å². The van der Waals surface area contributed by atoms with Crippen molar-refractivity contribution in [3.05, 3.63) is 24.3 Å². The van der Waals surface area contributed by atoms with E-state index in [0.29, 0.717) is 37.5 Å². The third kappa shape index (κ3) is 6.47. The molecule has 0 saturated carbocycles. The van der Waals surface area contributed by atoms with Crippen LogP contribution < -0.4 is 15.0 Å². The van der Waals surface area contributed by atoms with E-state index >= 15 is 0 Å². The second-order valence-electron chi connectivity index (χ2n) is 7.02. The molecule has 2 rings (SSSR count). The van der Waals surface area contributed by atoms with E-state index in [1.54, 1.807) is 20.8 Å². The first-order valence-corrected chi connectivity index (χ1v) is 8.39. The molecule has 1 fully saturated rings. The van der Waals surface area contributed by atoms with Crippen LogP contribution >= 0.6 is 0 Å². The predicted octanol–water partition coefficient (Wildman–Crippen LogP) is 1.80. The van der Waals surface area contributed by atoms with Gasteiger partial charge in [-0.3, -0.25) is 0 Å². The number of aliphatic hydroxyl groups is 1. The molecule has 0 bridgehead atoms. The summed E-state index contributed by atoms with van der Waals surface area (Å²) < 4.78 is 23.5. The number of β-amino-alcohol motifs (C(OH)–C–C–N with tert-alkyl or cyclic N) is 1. The lowest BCUT2D eigenvalue weighted by molar-refractivity contribution is 0.0531. The van der Waals surface area contributed by atoms with Crippen molar-refractivity contribution in [1.82, 2.24) is 15.3 Å². The fourth-order valence-electron chi connectivity index (χ4n) is 2.27. The molecule has 144 valence electrons. The Kier molecular flexibility index (Phi) is 6.73. The van der Waals surface area contributed by atoms with Crippen LogP contribution in [0.1, 0.15) is 27.2 Å². The van der Waals surface area contributed by atoms with E-state index < -0.39 is 11.7 Å². The fraction of sp³-hybridized carbons (Fsp3) is 0.588. The van der Waals surface area contributed by atoms with Gasteiger partial charge in [0.05, 0.1) is 24.8 Å². The molecule has 0 radical (unpaired) electrons. The third-order valence-corrected chi connectivity index (χ3v) is 3.50. The molecule has 1 aliphatic rings. The third-order valence-electron chi connectivity index (χ3n) is 3.50. The highest BCUT2D eigenvalue weighted by Crippen LogP contribution is 2.17. The fourth-order valence-corrected chi connectivity index (χ4v) is 2.27. The van der Waals surface area contributed by atoms with E-state index in [4.69, 9.17) is 9.47 Å². The molecule has 0 aromatic carbocycles. The number of carbonyl (C=O) groups excluding carboxylic acids is 1. The van der Waals surface area contributed by atoms with Crippen LogP contribution in [0.3, 0.4) is 0 Å². The van der Waals surface area contributed by atoms with Crippen LogP contribution in [-0.2, 0) is 4.74 Å². The quantitative estimate of drug-likeness (QED) is 0.790. The number of ether oxygens (including phenoxy) is 2. The number of hydrogen-bond donors (Lipinski definition) is 2. The van der Waals surface area contributed by atoms with Gasteiger partial charge < -0.3 is 24.8 Å². The first-order chi connectivity index (χ1) is 12.3. The van der Waals surface area contributed by atoms with Crippen molar-refractivity contribution in [3.8, 4) is 5.75 Å². The topological polar surface area (TPSA) is 96.8 Å². The lowest BCUT2D eigenvalue weighted by Gasteiger charge is -2.20. The van der Waals surface area contributed by atoms with Crippen LogP contribution in [0.5, 0.6) is 5.75 Å². The largest absolute Gasteiger partial charge is 0.486 e. The number of halogens is 1. The number of nitrogens with zero attached hydrogens (tertiary/aromatic N) is 3. The number of amides is 1. The van der Waals surface area contributed by atoms with Gasteiger partial charge in [-0.15, -0.1) is 0 Å². The number of rotatable bonds is 6. The zero-order valence-electron chi connectivity index (χ0n) is 15.2. The van der Waals surface area contributed by atoms with E-state index in [1.165, 1.54) is 12.4 Å². The smallest absolute Gasteiger partial charge is 0.407 e. The monoisotopic (exact) mass is 368 g/mol. The van der Waals surface area contributed by atoms with E-state index in [2.05, 4.69) is 15.3 Å². The molecule has 1 saturated heterocycles. The molecule has 9 heteroatoms. The van der Waals surface area contributed by atoms with E-state index in [9.17, 15) is 14.3 Å². The van der Waals surface area contributed by atoms with Crippen molar-refractivity contribution in [3.63, 3.8) is 0 Å². The molecule has 2 N–H and O–H groups in total. The normalized spacial score (nSPS) is 18.0. The van der Waals surface area contributed by atoms with Crippen LogP contribution in [0.4, 0.5) is 15.1 Å². The Labute approximate surface area is 152 Å². The highest BCUT2D eigenvalue weighted by Gasteiger charge is 2.22.